The predicted octanol–water partition coefficient (Wildman–Crippen LogP) is 3.22. The number of thiazole rings is 1. The Kier molecular flexibility index (Phi) is 3.17. The summed E-state index contributed by atoms with van der Waals surface area (Å²) < 4.78 is 2.04. The van der Waals surface area contributed by atoms with Crippen molar-refractivity contribution in [3.05, 3.63) is 34.6 Å². The van der Waals surface area contributed by atoms with Gasteiger partial charge < -0.3 is 5.32 Å². The topological polar surface area (TPSA) is 46.9 Å². The molecule has 1 aliphatic carbocycles. The SMILES string of the molecule is Cc1cc(C(=O)NC2(C)CCC2)c(C)n1-c1nccs1. The number of rotatable bonds is 3. The largest absolute Gasteiger partial charge is 0.347 e. The fraction of sp³-hybridized carbons (Fsp3) is 0.467. The van der Waals surface area contributed by atoms with E-state index in [-0.39, 0.29) is 11.4 Å². The zero-order valence-corrected chi connectivity index (χ0v) is 12.9. The third-order valence-corrected chi connectivity index (χ3v) is 4.92. The number of aromatic nitrogens is 2. The van der Waals surface area contributed by atoms with E-state index in [4.69, 9.17) is 0 Å². The molecular formula is C15H19N3OS. The summed E-state index contributed by atoms with van der Waals surface area (Å²) in [5, 5.41) is 6.03. The first-order chi connectivity index (χ1) is 9.50. The van der Waals surface area contributed by atoms with Crippen molar-refractivity contribution in [1.29, 1.82) is 0 Å². The number of nitrogens with one attached hydrogen (secondary N) is 1. The lowest BCUT2D eigenvalue weighted by Gasteiger charge is -2.39. The molecule has 0 bridgehead atoms. The van der Waals surface area contributed by atoms with Gasteiger partial charge >= 0.3 is 0 Å². The van der Waals surface area contributed by atoms with Gasteiger partial charge in [-0.15, -0.1) is 11.3 Å². The molecule has 1 aliphatic rings. The maximum atomic E-state index is 12.5. The zero-order valence-electron chi connectivity index (χ0n) is 12.1. The molecule has 0 radical (unpaired) electrons. The van der Waals surface area contributed by atoms with E-state index in [0.29, 0.717) is 0 Å². The van der Waals surface area contributed by atoms with Crippen LogP contribution in [-0.4, -0.2) is 21.0 Å². The molecule has 0 aliphatic heterocycles. The quantitative estimate of drug-likeness (QED) is 0.943. The van der Waals surface area contributed by atoms with Gasteiger partial charge in [0.1, 0.15) is 0 Å². The summed E-state index contributed by atoms with van der Waals surface area (Å²) in [6, 6.07) is 1.95. The molecule has 2 heterocycles. The van der Waals surface area contributed by atoms with E-state index in [1.54, 1.807) is 17.5 Å². The van der Waals surface area contributed by atoms with Crippen molar-refractivity contribution >= 4 is 17.2 Å². The number of carbonyl (C=O) groups is 1. The minimum atomic E-state index is -0.0132. The van der Waals surface area contributed by atoms with Gasteiger partial charge in [0.25, 0.3) is 5.91 Å². The minimum absolute atomic E-state index is 0.0132. The highest BCUT2D eigenvalue weighted by Gasteiger charge is 2.34. The van der Waals surface area contributed by atoms with Crippen LogP contribution in [0.15, 0.2) is 17.6 Å². The van der Waals surface area contributed by atoms with Crippen molar-refractivity contribution < 1.29 is 4.79 Å². The Balaban J connectivity index is 1.91. The average molecular weight is 289 g/mol. The summed E-state index contributed by atoms with van der Waals surface area (Å²) in [6.07, 6.45) is 5.14. The summed E-state index contributed by atoms with van der Waals surface area (Å²) in [5.74, 6) is 0.0307. The summed E-state index contributed by atoms with van der Waals surface area (Å²) in [4.78, 5) is 16.8. The van der Waals surface area contributed by atoms with Gasteiger partial charge in [0.05, 0.1) is 5.56 Å². The summed E-state index contributed by atoms with van der Waals surface area (Å²) >= 11 is 1.58. The molecule has 0 unspecified atom stereocenters. The van der Waals surface area contributed by atoms with Crippen LogP contribution in [0.25, 0.3) is 5.13 Å². The van der Waals surface area contributed by atoms with Crippen molar-refractivity contribution in [3.8, 4) is 5.13 Å². The van der Waals surface area contributed by atoms with Crippen LogP contribution >= 0.6 is 11.3 Å². The van der Waals surface area contributed by atoms with Gasteiger partial charge in [-0.25, -0.2) is 4.98 Å². The highest BCUT2D eigenvalue weighted by molar-refractivity contribution is 7.12. The molecule has 106 valence electrons. The molecule has 0 saturated heterocycles. The van der Waals surface area contributed by atoms with Gasteiger partial charge in [0, 0.05) is 28.5 Å². The summed E-state index contributed by atoms with van der Waals surface area (Å²) in [6.45, 7) is 6.11. The van der Waals surface area contributed by atoms with Crippen LogP contribution in [0.4, 0.5) is 0 Å². The molecular weight excluding hydrogens is 270 g/mol. The lowest BCUT2D eigenvalue weighted by atomic mass is 9.78. The van der Waals surface area contributed by atoms with E-state index in [0.717, 1.165) is 34.9 Å². The van der Waals surface area contributed by atoms with Crippen LogP contribution in [0.5, 0.6) is 0 Å². The molecule has 1 saturated carbocycles. The second-order valence-electron chi connectivity index (χ2n) is 5.80. The Morgan fingerprint density at radius 3 is 2.75 bits per heavy atom. The van der Waals surface area contributed by atoms with Crippen LogP contribution in [0.2, 0.25) is 0 Å². The van der Waals surface area contributed by atoms with Crippen molar-refractivity contribution in [2.75, 3.05) is 0 Å². The van der Waals surface area contributed by atoms with E-state index in [9.17, 15) is 4.79 Å². The molecule has 0 atom stereocenters. The Hall–Kier alpha value is -1.62. The highest BCUT2D eigenvalue weighted by atomic mass is 32.1. The number of hydrogen-bond donors (Lipinski definition) is 1. The lowest BCUT2D eigenvalue weighted by Crippen LogP contribution is -2.51. The van der Waals surface area contributed by atoms with Gasteiger partial charge in [-0.05, 0) is 46.1 Å². The first kappa shape index (κ1) is 13.4. The Morgan fingerprint density at radius 2 is 2.20 bits per heavy atom. The minimum Gasteiger partial charge on any atom is -0.347 e. The maximum Gasteiger partial charge on any atom is 0.253 e. The van der Waals surface area contributed by atoms with Crippen molar-refractivity contribution in [3.63, 3.8) is 0 Å². The predicted molar refractivity (Wildman–Crippen MR) is 80.6 cm³/mol. The maximum absolute atomic E-state index is 12.5. The molecule has 1 N–H and O–H groups in total. The van der Waals surface area contributed by atoms with Gasteiger partial charge in [-0.1, -0.05) is 0 Å². The number of hydrogen-bond acceptors (Lipinski definition) is 3. The van der Waals surface area contributed by atoms with Crippen LogP contribution in [-0.2, 0) is 0 Å². The molecule has 20 heavy (non-hydrogen) atoms. The Labute approximate surface area is 122 Å². The summed E-state index contributed by atoms with van der Waals surface area (Å²) in [7, 11) is 0. The van der Waals surface area contributed by atoms with Crippen LogP contribution in [0, 0.1) is 13.8 Å². The molecule has 1 amide bonds. The lowest BCUT2D eigenvalue weighted by molar-refractivity contribution is 0.0850. The van der Waals surface area contributed by atoms with Crippen LogP contribution in [0.1, 0.15) is 47.9 Å². The first-order valence-corrected chi connectivity index (χ1v) is 7.79. The number of aryl methyl sites for hydroxylation is 1. The van der Waals surface area contributed by atoms with E-state index in [2.05, 4.69) is 17.2 Å². The Bertz CT molecular complexity index is 638. The molecule has 1 fully saturated rings. The van der Waals surface area contributed by atoms with Crippen molar-refractivity contribution in [2.45, 2.75) is 45.6 Å². The van der Waals surface area contributed by atoms with E-state index >= 15 is 0 Å². The number of carbonyl (C=O) groups excluding carboxylic acids is 1. The van der Waals surface area contributed by atoms with E-state index < -0.39 is 0 Å². The molecule has 0 aromatic carbocycles. The second kappa shape index (κ2) is 4.74. The van der Waals surface area contributed by atoms with E-state index in [1.807, 2.05) is 29.9 Å². The molecule has 4 nitrogen and oxygen atoms in total. The first-order valence-electron chi connectivity index (χ1n) is 6.91. The molecule has 5 heteroatoms. The van der Waals surface area contributed by atoms with Crippen molar-refractivity contribution in [2.24, 2.45) is 0 Å². The fourth-order valence-electron chi connectivity index (χ4n) is 2.79. The van der Waals surface area contributed by atoms with Crippen molar-refractivity contribution in [1.82, 2.24) is 14.9 Å². The average Bonchev–Trinajstić information content (AvgIpc) is 2.95. The van der Waals surface area contributed by atoms with E-state index in [1.165, 1.54) is 6.42 Å². The fourth-order valence-corrected chi connectivity index (χ4v) is 3.54. The van der Waals surface area contributed by atoms with Gasteiger partial charge in [-0.2, -0.15) is 0 Å². The van der Waals surface area contributed by atoms with Gasteiger partial charge in [-0.3, -0.25) is 9.36 Å². The molecule has 2 aromatic heterocycles. The van der Waals surface area contributed by atoms with Gasteiger partial charge in [0.2, 0.25) is 0 Å². The molecule has 2 aromatic rings. The van der Waals surface area contributed by atoms with Crippen LogP contribution < -0.4 is 5.32 Å². The molecule has 3 rings (SSSR count). The standard InChI is InChI=1S/C15H19N3OS/c1-10-9-12(13(19)17-15(3)5-4-6-15)11(2)18(10)14-16-7-8-20-14/h7-9H,4-6H2,1-3H3,(H,17,19). The second-order valence-corrected chi connectivity index (χ2v) is 6.68. The monoisotopic (exact) mass is 289 g/mol. The number of amides is 1. The normalized spacial score (nSPS) is 16.8. The van der Waals surface area contributed by atoms with Gasteiger partial charge in [0.15, 0.2) is 5.13 Å². The van der Waals surface area contributed by atoms with Crippen LogP contribution in [0.3, 0.4) is 0 Å². The Morgan fingerprint density at radius 1 is 1.45 bits per heavy atom. The third-order valence-electron chi connectivity index (χ3n) is 4.16. The summed E-state index contributed by atoms with van der Waals surface area (Å²) in [5.41, 5.74) is 2.74. The smallest absolute Gasteiger partial charge is 0.253 e. The number of nitrogens with zero attached hydrogens (tertiary/aromatic N) is 2. The zero-order chi connectivity index (χ0) is 14.3. The third kappa shape index (κ3) is 2.16. The highest BCUT2D eigenvalue weighted by Crippen LogP contribution is 2.31. The molecule has 0 spiro atoms.